The third-order valence-corrected chi connectivity index (χ3v) is 4.81. The molecule has 2 aromatic rings. The number of carbonyl (C=O) groups excluding carboxylic acids is 1. The zero-order valence-electron chi connectivity index (χ0n) is 15.1. The van der Waals surface area contributed by atoms with Gasteiger partial charge >= 0.3 is 0 Å². The topological polar surface area (TPSA) is 49.3 Å². The molecular weight excluding hydrogens is 312 g/mol. The van der Waals surface area contributed by atoms with Crippen molar-refractivity contribution in [2.75, 3.05) is 24.5 Å². The summed E-state index contributed by atoms with van der Waals surface area (Å²) in [5, 5.41) is 0. The van der Waals surface area contributed by atoms with Gasteiger partial charge in [-0.1, -0.05) is 37.3 Å². The molecule has 0 unspecified atom stereocenters. The molecule has 1 aromatic carbocycles. The van der Waals surface area contributed by atoms with Crippen molar-refractivity contribution < 1.29 is 4.79 Å². The van der Waals surface area contributed by atoms with Gasteiger partial charge in [-0.25, -0.2) is 9.97 Å². The predicted octanol–water partition coefficient (Wildman–Crippen LogP) is 3.38. The summed E-state index contributed by atoms with van der Waals surface area (Å²) in [5.41, 5.74) is 1.60. The highest BCUT2D eigenvalue weighted by molar-refractivity contribution is 5.92. The van der Waals surface area contributed by atoms with E-state index in [0.29, 0.717) is 24.7 Å². The summed E-state index contributed by atoms with van der Waals surface area (Å²) in [6, 6.07) is 11.8. The van der Waals surface area contributed by atoms with Crippen molar-refractivity contribution in [1.29, 1.82) is 0 Å². The van der Waals surface area contributed by atoms with E-state index in [0.717, 1.165) is 37.4 Å². The van der Waals surface area contributed by atoms with Crippen LogP contribution in [0.25, 0.3) is 0 Å². The lowest BCUT2D eigenvalue weighted by atomic mass is 10.00. The summed E-state index contributed by atoms with van der Waals surface area (Å²) in [6.07, 6.45) is 4.00. The first-order chi connectivity index (χ1) is 12.2. The second kappa shape index (κ2) is 8.10. The number of aromatic nitrogens is 2. The molecule has 0 radical (unpaired) electrons. The van der Waals surface area contributed by atoms with Gasteiger partial charge in [-0.05, 0) is 37.3 Å². The van der Waals surface area contributed by atoms with Gasteiger partial charge in [-0.15, -0.1) is 0 Å². The van der Waals surface area contributed by atoms with Crippen molar-refractivity contribution in [3.8, 4) is 0 Å². The molecule has 0 saturated carbocycles. The van der Waals surface area contributed by atoms with Crippen molar-refractivity contribution in [3.63, 3.8) is 0 Å². The van der Waals surface area contributed by atoms with Crippen LogP contribution in [-0.2, 0) is 6.54 Å². The van der Waals surface area contributed by atoms with Crippen LogP contribution in [0.5, 0.6) is 0 Å². The molecule has 5 nitrogen and oxygen atoms in total. The molecule has 1 aliphatic rings. The Kier molecular flexibility index (Phi) is 5.64. The zero-order chi connectivity index (χ0) is 17.6. The van der Waals surface area contributed by atoms with Gasteiger partial charge < -0.3 is 9.80 Å². The third-order valence-electron chi connectivity index (χ3n) is 4.81. The normalized spacial score (nSPS) is 15.2. The minimum Gasteiger partial charge on any atom is -0.341 e. The van der Waals surface area contributed by atoms with Crippen molar-refractivity contribution in [3.05, 3.63) is 53.9 Å². The Labute approximate surface area is 149 Å². The van der Waals surface area contributed by atoms with Crippen LogP contribution >= 0.6 is 0 Å². The fourth-order valence-electron chi connectivity index (χ4n) is 3.12. The van der Waals surface area contributed by atoms with Gasteiger partial charge in [-0.2, -0.15) is 0 Å². The summed E-state index contributed by atoms with van der Waals surface area (Å²) in [4.78, 5) is 25.8. The first-order valence-corrected chi connectivity index (χ1v) is 9.08. The molecule has 1 amide bonds. The molecule has 1 saturated heterocycles. The van der Waals surface area contributed by atoms with Crippen molar-refractivity contribution in [1.82, 2.24) is 14.9 Å². The number of amides is 1. The van der Waals surface area contributed by atoms with E-state index in [4.69, 9.17) is 0 Å². The van der Waals surface area contributed by atoms with Gasteiger partial charge in [0.2, 0.25) is 5.95 Å². The number of hydrogen-bond donors (Lipinski definition) is 0. The van der Waals surface area contributed by atoms with Crippen molar-refractivity contribution in [2.45, 2.75) is 33.2 Å². The second-order valence-electron chi connectivity index (χ2n) is 6.72. The lowest BCUT2D eigenvalue weighted by Gasteiger charge is -2.30. The van der Waals surface area contributed by atoms with Crippen LogP contribution in [0.4, 0.5) is 5.95 Å². The summed E-state index contributed by atoms with van der Waals surface area (Å²) < 4.78 is 0. The smallest absolute Gasteiger partial charge is 0.272 e. The van der Waals surface area contributed by atoms with Gasteiger partial charge in [-0.3, -0.25) is 4.79 Å². The van der Waals surface area contributed by atoms with Crippen molar-refractivity contribution in [2.24, 2.45) is 5.92 Å². The number of rotatable bonds is 5. The van der Waals surface area contributed by atoms with Gasteiger partial charge in [0.05, 0.1) is 0 Å². The number of piperidine rings is 1. The lowest BCUT2D eigenvalue weighted by molar-refractivity contribution is 0.0746. The Morgan fingerprint density at radius 1 is 1.20 bits per heavy atom. The van der Waals surface area contributed by atoms with Crippen LogP contribution in [-0.4, -0.2) is 40.4 Å². The molecule has 1 aliphatic heterocycles. The molecule has 0 N–H and O–H groups in total. The minimum atomic E-state index is -0.0413. The van der Waals surface area contributed by atoms with Gasteiger partial charge in [0.15, 0.2) is 0 Å². The van der Waals surface area contributed by atoms with Crippen LogP contribution in [0.3, 0.4) is 0 Å². The molecule has 0 atom stereocenters. The highest BCUT2D eigenvalue weighted by atomic mass is 16.2. The van der Waals surface area contributed by atoms with E-state index in [1.807, 2.05) is 42.2 Å². The van der Waals surface area contributed by atoms with Crippen molar-refractivity contribution >= 4 is 11.9 Å². The summed E-state index contributed by atoms with van der Waals surface area (Å²) in [5.74, 6) is 1.39. The Morgan fingerprint density at radius 2 is 1.92 bits per heavy atom. The fourth-order valence-corrected chi connectivity index (χ4v) is 3.12. The monoisotopic (exact) mass is 338 g/mol. The van der Waals surface area contributed by atoms with E-state index in [9.17, 15) is 4.79 Å². The first-order valence-electron chi connectivity index (χ1n) is 9.08. The minimum absolute atomic E-state index is 0.0413. The molecular formula is C20H26N4O. The largest absolute Gasteiger partial charge is 0.341 e. The number of anilines is 1. The van der Waals surface area contributed by atoms with Gasteiger partial charge in [0, 0.05) is 32.4 Å². The summed E-state index contributed by atoms with van der Waals surface area (Å²) in [6.45, 7) is 7.43. The molecule has 25 heavy (non-hydrogen) atoms. The van der Waals surface area contributed by atoms with Gasteiger partial charge in [0.1, 0.15) is 5.69 Å². The Balaban J connectivity index is 1.73. The quantitative estimate of drug-likeness (QED) is 0.839. The van der Waals surface area contributed by atoms with E-state index >= 15 is 0 Å². The standard InChI is InChI=1S/C20H26N4O/c1-3-23(15-17-7-5-4-6-8-17)19(25)18-9-12-21-20(22-18)24-13-10-16(2)11-14-24/h4-9,12,16H,3,10-11,13-15H2,1-2H3. The maximum atomic E-state index is 12.9. The molecule has 1 fully saturated rings. The predicted molar refractivity (Wildman–Crippen MR) is 99.5 cm³/mol. The van der Waals surface area contributed by atoms with Crippen LogP contribution in [0.15, 0.2) is 42.6 Å². The van der Waals surface area contributed by atoms with Crippen LogP contribution in [0, 0.1) is 5.92 Å². The number of benzene rings is 1. The van der Waals surface area contributed by atoms with E-state index in [1.165, 1.54) is 0 Å². The molecule has 5 heteroatoms. The summed E-state index contributed by atoms with van der Waals surface area (Å²) >= 11 is 0. The fraction of sp³-hybridized carbons (Fsp3) is 0.450. The van der Waals surface area contributed by atoms with E-state index in [2.05, 4.69) is 21.8 Å². The molecule has 0 aliphatic carbocycles. The molecule has 3 rings (SSSR count). The maximum absolute atomic E-state index is 12.9. The molecule has 0 bridgehead atoms. The molecule has 132 valence electrons. The average molecular weight is 338 g/mol. The van der Waals surface area contributed by atoms with E-state index in [-0.39, 0.29) is 5.91 Å². The van der Waals surface area contributed by atoms with E-state index in [1.54, 1.807) is 12.3 Å². The number of hydrogen-bond acceptors (Lipinski definition) is 4. The molecule has 0 spiro atoms. The number of nitrogens with zero attached hydrogens (tertiary/aromatic N) is 4. The van der Waals surface area contributed by atoms with Crippen LogP contribution in [0.2, 0.25) is 0 Å². The SMILES string of the molecule is CCN(Cc1ccccc1)C(=O)c1ccnc(N2CCC(C)CC2)n1. The lowest BCUT2D eigenvalue weighted by Crippen LogP contribution is -2.35. The molecule has 2 heterocycles. The number of carbonyl (C=O) groups is 1. The molecule has 1 aromatic heterocycles. The third kappa shape index (κ3) is 4.35. The Morgan fingerprint density at radius 3 is 2.60 bits per heavy atom. The first kappa shape index (κ1) is 17.4. The Hall–Kier alpha value is -2.43. The average Bonchev–Trinajstić information content (AvgIpc) is 2.67. The highest BCUT2D eigenvalue weighted by Gasteiger charge is 2.21. The Bertz CT molecular complexity index is 696. The second-order valence-corrected chi connectivity index (χ2v) is 6.72. The zero-order valence-corrected chi connectivity index (χ0v) is 15.1. The maximum Gasteiger partial charge on any atom is 0.272 e. The summed E-state index contributed by atoms with van der Waals surface area (Å²) in [7, 11) is 0. The van der Waals surface area contributed by atoms with Gasteiger partial charge in [0.25, 0.3) is 5.91 Å². The van der Waals surface area contributed by atoms with E-state index < -0.39 is 0 Å². The van der Waals surface area contributed by atoms with Crippen LogP contribution in [0.1, 0.15) is 42.7 Å². The highest BCUT2D eigenvalue weighted by Crippen LogP contribution is 2.20. The van der Waals surface area contributed by atoms with Crippen LogP contribution < -0.4 is 4.90 Å².